The van der Waals surface area contributed by atoms with Crippen molar-refractivity contribution in [2.24, 2.45) is 7.05 Å². The van der Waals surface area contributed by atoms with Crippen LogP contribution in [0, 0.1) is 0 Å². The summed E-state index contributed by atoms with van der Waals surface area (Å²) in [4.78, 5) is 22.8. The highest BCUT2D eigenvalue weighted by atomic mass is 32.2. The quantitative estimate of drug-likeness (QED) is 0.629. The highest BCUT2D eigenvalue weighted by Crippen LogP contribution is 2.24. The SMILES string of the molecule is Cn1cc(-c2nc(C(=O)N3CCN(S(=O)(=O)c4cccnc4)CC3)cs2)cn1. The van der Waals surface area contributed by atoms with E-state index < -0.39 is 10.0 Å². The van der Waals surface area contributed by atoms with Crippen molar-refractivity contribution in [2.75, 3.05) is 26.2 Å². The second-order valence-corrected chi connectivity index (χ2v) is 9.12. The Kier molecular flexibility index (Phi) is 4.96. The summed E-state index contributed by atoms with van der Waals surface area (Å²) in [5, 5.41) is 6.57. The molecule has 0 atom stereocenters. The van der Waals surface area contributed by atoms with Crippen LogP contribution in [-0.4, -0.2) is 69.5 Å². The topological polar surface area (TPSA) is 101 Å². The zero-order chi connectivity index (χ0) is 19.7. The molecule has 11 heteroatoms. The molecule has 1 aliphatic heterocycles. The Balaban J connectivity index is 1.43. The van der Waals surface area contributed by atoms with Gasteiger partial charge in [-0.1, -0.05) is 0 Å². The average Bonchev–Trinajstić information content (AvgIpc) is 3.37. The Labute approximate surface area is 166 Å². The number of piperazine rings is 1. The van der Waals surface area contributed by atoms with Crippen LogP contribution in [-0.2, 0) is 17.1 Å². The smallest absolute Gasteiger partial charge is 0.273 e. The molecule has 0 spiro atoms. The van der Waals surface area contributed by atoms with Crippen LogP contribution in [0.25, 0.3) is 10.6 Å². The highest BCUT2D eigenvalue weighted by Gasteiger charge is 2.31. The van der Waals surface area contributed by atoms with E-state index in [-0.39, 0.29) is 23.9 Å². The number of amides is 1. The summed E-state index contributed by atoms with van der Waals surface area (Å²) < 4.78 is 28.4. The number of aryl methyl sites for hydroxylation is 1. The Morgan fingerprint density at radius 3 is 2.61 bits per heavy atom. The molecule has 0 unspecified atom stereocenters. The number of rotatable bonds is 4. The number of pyridine rings is 1. The van der Waals surface area contributed by atoms with Crippen LogP contribution in [0.15, 0.2) is 47.2 Å². The van der Waals surface area contributed by atoms with E-state index >= 15 is 0 Å². The van der Waals surface area contributed by atoms with Crippen molar-refractivity contribution >= 4 is 27.3 Å². The van der Waals surface area contributed by atoms with Crippen LogP contribution in [0.4, 0.5) is 0 Å². The second-order valence-electron chi connectivity index (χ2n) is 6.33. The van der Waals surface area contributed by atoms with Crippen LogP contribution < -0.4 is 0 Å². The minimum Gasteiger partial charge on any atom is -0.335 e. The second kappa shape index (κ2) is 7.41. The third-order valence-electron chi connectivity index (χ3n) is 4.47. The van der Waals surface area contributed by atoms with E-state index in [0.29, 0.717) is 18.8 Å². The lowest BCUT2D eigenvalue weighted by Crippen LogP contribution is -2.50. The van der Waals surface area contributed by atoms with Gasteiger partial charge in [-0.05, 0) is 12.1 Å². The van der Waals surface area contributed by atoms with Gasteiger partial charge in [-0.25, -0.2) is 13.4 Å². The summed E-state index contributed by atoms with van der Waals surface area (Å²) in [5.74, 6) is -0.190. The van der Waals surface area contributed by atoms with Gasteiger partial charge in [0.1, 0.15) is 15.6 Å². The number of nitrogens with zero attached hydrogens (tertiary/aromatic N) is 6. The zero-order valence-electron chi connectivity index (χ0n) is 15.1. The Bertz CT molecular complexity index is 1090. The summed E-state index contributed by atoms with van der Waals surface area (Å²) in [6.45, 7) is 1.11. The minimum absolute atomic E-state index is 0.162. The lowest BCUT2D eigenvalue weighted by molar-refractivity contribution is 0.0693. The lowest BCUT2D eigenvalue weighted by atomic mass is 10.3. The molecular formula is C17H18N6O3S2. The first kappa shape index (κ1) is 18.7. The zero-order valence-corrected chi connectivity index (χ0v) is 16.7. The van der Waals surface area contributed by atoms with Gasteiger partial charge in [0.25, 0.3) is 5.91 Å². The number of carbonyl (C=O) groups excluding carboxylic acids is 1. The third-order valence-corrected chi connectivity index (χ3v) is 7.25. The van der Waals surface area contributed by atoms with Gasteiger partial charge in [-0.15, -0.1) is 11.3 Å². The van der Waals surface area contributed by atoms with Crippen LogP contribution in [0.2, 0.25) is 0 Å². The molecular weight excluding hydrogens is 400 g/mol. The van der Waals surface area contributed by atoms with Gasteiger partial charge in [0.05, 0.1) is 6.20 Å². The summed E-state index contributed by atoms with van der Waals surface area (Å²) in [6, 6.07) is 3.11. The van der Waals surface area contributed by atoms with E-state index in [1.165, 1.54) is 34.1 Å². The summed E-state index contributed by atoms with van der Waals surface area (Å²) in [5.41, 5.74) is 1.23. The van der Waals surface area contributed by atoms with E-state index in [0.717, 1.165) is 10.6 Å². The predicted molar refractivity (Wildman–Crippen MR) is 103 cm³/mol. The maximum atomic E-state index is 12.7. The molecule has 0 N–H and O–H groups in total. The number of aromatic nitrogens is 4. The van der Waals surface area contributed by atoms with Crippen molar-refractivity contribution in [3.63, 3.8) is 0 Å². The van der Waals surface area contributed by atoms with Gasteiger partial charge in [0.2, 0.25) is 10.0 Å². The molecule has 0 radical (unpaired) electrons. The van der Waals surface area contributed by atoms with Gasteiger partial charge < -0.3 is 4.90 Å². The maximum absolute atomic E-state index is 12.7. The van der Waals surface area contributed by atoms with Crippen molar-refractivity contribution < 1.29 is 13.2 Å². The van der Waals surface area contributed by atoms with E-state index in [9.17, 15) is 13.2 Å². The molecule has 4 rings (SSSR count). The molecule has 0 saturated carbocycles. The number of hydrogen-bond acceptors (Lipinski definition) is 7. The van der Waals surface area contributed by atoms with Gasteiger partial charge >= 0.3 is 0 Å². The molecule has 1 amide bonds. The first-order chi connectivity index (χ1) is 13.4. The molecule has 3 aromatic rings. The lowest BCUT2D eigenvalue weighted by Gasteiger charge is -2.33. The fourth-order valence-corrected chi connectivity index (χ4v) is 5.13. The number of carbonyl (C=O) groups is 1. The molecule has 28 heavy (non-hydrogen) atoms. The average molecular weight is 419 g/mol. The Morgan fingerprint density at radius 1 is 1.18 bits per heavy atom. The van der Waals surface area contributed by atoms with Crippen LogP contribution in [0.5, 0.6) is 0 Å². The highest BCUT2D eigenvalue weighted by molar-refractivity contribution is 7.89. The van der Waals surface area contributed by atoms with E-state index in [1.807, 2.05) is 13.2 Å². The fraction of sp³-hybridized carbons (Fsp3) is 0.294. The van der Waals surface area contributed by atoms with Crippen molar-refractivity contribution in [1.29, 1.82) is 0 Å². The Hall–Kier alpha value is -2.63. The first-order valence-electron chi connectivity index (χ1n) is 8.59. The molecule has 146 valence electrons. The summed E-state index contributed by atoms with van der Waals surface area (Å²) in [7, 11) is -1.77. The van der Waals surface area contributed by atoms with Gasteiger partial charge in [0, 0.05) is 62.8 Å². The number of thiazole rings is 1. The molecule has 1 fully saturated rings. The maximum Gasteiger partial charge on any atom is 0.273 e. The predicted octanol–water partition coefficient (Wildman–Crippen LogP) is 1.09. The fourth-order valence-electron chi connectivity index (χ4n) is 2.98. The summed E-state index contributed by atoms with van der Waals surface area (Å²) in [6.07, 6.45) is 6.41. The monoisotopic (exact) mass is 418 g/mol. The Morgan fingerprint density at radius 2 is 1.96 bits per heavy atom. The molecule has 0 aliphatic carbocycles. The van der Waals surface area contributed by atoms with E-state index in [2.05, 4.69) is 15.1 Å². The molecule has 0 bridgehead atoms. The molecule has 3 aromatic heterocycles. The largest absolute Gasteiger partial charge is 0.335 e. The van der Waals surface area contributed by atoms with Crippen LogP contribution in [0.1, 0.15) is 10.5 Å². The molecule has 1 aliphatic rings. The standard InChI is InChI=1S/C17H18N6O3S2/c1-21-11-13(9-19-21)16-20-15(12-27-16)17(24)22-5-7-23(8-6-22)28(25,26)14-3-2-4-18-10-14/h2-4,9-12H,5-8H2,1H3. The molecule has 4 heterocycles. The van der Waals surface area contributed by atoms with E-state index in [4.69, 9.17) is 0 Å². The first-order valence-corrected chi connectivity index (χ1v) is 10.9. The van der Waals surface area contributed by atoms with Crippen molar-refractivity contribution in [2.45, 2.75) is 4.90 Å². The van der Waals surface area contributed by atoms with Crippen LogP contribution >= 0.6 is 11.3 Å². The van der Waals surface area contributed by atoms with Gasteiger partial charge in [-0.3, -0.25) is 14.5 Å². The summed E-state index contributed by atoms with van der Waals surface area (Å²) >= 11 is 1.39. The van der Waals surface area contributed by atoms with Gasteiger partial charge in [0.15, 0.2) is 0 Å². The molecule has 9 nitrogen and oxygen atoms in total. The van der Waals surface area contributed by atoms with Crippen LogP contribution in [0.3, 0.4) is 0 Å². The van der Waals surface area contributed by atoms with Gasteiger partial charge in [-0.2, -0.15) is 9.40 Å². The normalized spacial score (nSPS) is 15.7. The van der Waals surface area contributed by atoms with Crippen molar-refractivity contribution in [3.8, 4) is 10.6 Å². The molecule has 0 aromatic carbocycles. The van der Waals surface area contributed by atoms with E-state index in [1.54, 1.807) is 27.2 Å². The number of hydrogen-bond donors (Lipinski definition) is 0. The number of sulfonamides is 1. The van der Waals surface area contributed by atoms with Crippen molar-refractivity contribution in [1.82, 2.24) is 29.0 Å². The third kappa shape index (κ3) is 3.55. The molecule has 1 saturated heterocycles. The minimum atomic E-state index is -3.60. The van der Waals surface area contributed by atoms with Crippen molar-refractivity contribution in [3.05, 3.63) is 48.0 Å².